The van der Waals surface area contributed by atoms with Gasteiger partial charge in [0.1, 0.15) is 17.7 Å². The third-order valence-electron chi connectivity index (χ3n) is 2.38. The van der Waals surface area contributed by atoms with Crippen LogP contribution < -0.4 is 5.32 Å². The zero-order chi connectivity index (χ0) is 13.0. The Morgan fingerprint density at radius 1 is 1.39 bits per heavy atom. The molecular formula is C13H9BrFN3. The second-order valence-corrected chi connectivity index (χ2v) is 4.52. The first-order valence-electron chi connectivity index (χ1n) is 5.23. The van der Waals surface area contributed by atoms with Crippen LogP contribution in [0.3, 0.4) is 0 Å². The summed E-state index contributed by atoms with van der Waals surface area (Å²) in [5.74, 6) is 0.171. The third-order valence-corrected chi connectivity index (χ3v) is 2.81. The molecule has 1 aromatic heterocycles. The van der Waals surface area contributed by atoms with Gasteiger partial charge >= 0.3 is 0 Å². The van der Waals surface area contributed by atoms with Crippen LogP contribution in [0.25, 0.3) is 0 Å². The number of halogens is 2. The molecule has 0 amide bonds. The Balaban J connectivity index is 2.16. The van der Waals surface area contributed by atoms with Crippen LogP contribution in [0, 0.1) is 17.1 Å². The van der Waals surface area contributed by atoms with E-state index < -0.39 is 0 Å². The maximum atomic E-state index is 13.4. The van der Waals surface area contributed by atoms with Gasteiger partial charge in [-0.15, -0.1) is 0 Å². The molecule has 1 aromatic carbocycles. The summed E-state index contributed by atoms with van der Waals surface area (Å²) in [4.78, 5) is 4.09. The van der Waals surface area contributed by atoms with Crippen molar-refractivity contribution >= 4 is 21.7 Å². The lowest BCUT2D eigenvalue weighted by Crippen LogP contribution is -2.04. The van der Waals surface area contributed by atoms with Gasteiger partial charge in [-0.2, -0.15) is 5.26 Å². The Morgan fingerprint density at radius 3 is 2.89 bits per heavy atom. The van der Waals surface area contributed by atoms with Gasteiger partial charge in [0.05, 0.1) is 5.56 Å². The maximum Gasteiger partial charge on any atom is 0.144 e. The van der Waals surface area contributed by atoms with E-state index in [9.17, 15) is 4.39 Å². The van der Waals surface area contributed by atoms with Crippen molar-refractivity contribution in [3.8, 4) is 6.07 Å². The Morgan fingerprint density at radius 2 is 2.17 bits per heavy atom. The third kappa shape index (κ3) is 2.84. The number of pyridine rings is 1. The molecule has 2 aromatic rings. The van der Waals surface area contributed by atoms with E-state index in [2.05, 4.69) is 26.2 Å². The van der Waals surface area contributed by atoms with Crippen LogP contribution in [0.1, 0.15) is 11.1 Å². The lowest BCUT2D eigenvalue weighted by molar-refractivity contribution is 0.613. The molecule has 0 aliphatic heterocycles. The number of benzene rings is 1. The molecular weight excluding hydrogens is 297 g/mol. The molecule has 0 aliphatic rings. The van der Waals surface area contributed by atoms with E-state index in [4.69, 9.17) is 5.26 Å². The van der Waals surface area contributed by atoms with Crippen LogP contribution in [-0.4, -0.2) is 4.98 Å². The molecule has 5 heteroatoms. The lowest BCUT2D eigenvalue weighted by Gasteiger charge is -2.08. The zero-order valence-corrected chi connectivity index (χ0v) is 10.9. The highest BCUT2D eigenvalue weighted by atomic mass is 79.9. The molecule has 1 N–H and O–H groups in total. The van der Waals surface area contributed by atoms with Crippen LogP contribution in [0.5, 0.6) is 0 Å². The molecule has 0 spiro atoms. The zero-order valence-electron chi connectivity index (χ0n) is 9.32. The van der Waals surface area contributed by atoms with Crippen molar-refractivity contribution in [1.29, 1.82) is 5.26 Å². The van der Waals surface area contributed by atoms with Gasteiger partial charge in [0.2, 0.25) is 0 Å². The highest BCUT2D eigenvalue weighted by Gasteiger charge is 2.05. The minimum Gasteiger partial charge on any atom is -0.365 e. The minimum absolute atomic E-state index is 0.277. The fourth-order valence-corrected chi connectivity index (χ4v) is 1.82. The van der Waals surface area contributed by atoms with Gasteiger partial charge in [-0.25, -0.2) is 9.37 Å². The van der Waals surface area contributed by atoms with Crippen molar-refractivity contribution in [1.82, 2.24) is 4.98 Å². The second kappa shape index (κ2) is 5.61. The van der Waals surface area contributed by atoms with Gasteiger partial charge in [0.25, 0.3) is 0 Å². The number of anilines is 1. The largest absolute Gasteiger partial charge is 0.365 e. The average Bonchev–Trinajstić information content (AvgIpc) is 2.39. The molecule has 1 heterocycles. The number of rotatable bonds is 3. The standard InChI is InChI=1S/C13H9BrFN3/c14-11-5-10(6-16)13(18-8-11)17-7-9-3-1-2-4-12(9)15/h1-5,8H,7H2,(H,17,18). The monoisotopic (exact) mass is 305 g/mol. The van der Waals surface area contributed by atoms with Gasteiger partial charge < -0.3 is 5.32 Å². The van der Waals surface area contributed by atoms with Crippen molar-refractivity contribution in [2.24, 2.45) is 0 Å². The van der Waals surface area contributed by atoms with E-state index in [1.165, 1.54) is 6.07 Å². The summed E-state index contributed by atoms with van der Waals surface area (Å²) in [7, 11) is 0. The fourth-order valence-electron chi connectivity index (χ4n) is 1.49. The summed E-state index contributed by atoms with van der Waals surface area (Å²) in [5.41, 5.74) is 0.951. The summed E-state index contributed by atoms with van der Waals surface area (Å²) in [6, 6.07) is 10.2. The first kappa shape index (κ1) is 12.5. The van der Waals surface area contributed by atoms with E-state index in [-0.39, 0.29) is 12.4 Å². The van der Waals surface area contributed by atoms with Gasteiger partial charge in [0.15, 0.2) is 0 Å². The highest BCUT2D eigenvalue weighted by molar-refractivity contribution is 9.10. The molecule has 0 saturated carbocycles. The predicted octanol–water partition coefficient (Wildman–Crippen LogP) is 3.47. The first-order valence-corrected chi connectivity index (χ1v) is 6.03. The SMILES string of the molecule is N#Cc1cc(Br)cnc1NCc1ccccc1F. The minimum atomic E-state index is -0.277. The molecule has 0 aliphatic carbocycles. The maximum absolute atomic E-state index is 13.4. The van der Waals surface area contributed by atoms with Crippen LogP contribution in [0.4, 0.5) is 10.2 Å². The van der Waals surface area contributed by atoms with Crippen molar-refractivity contribution < 1.29 is 4.39 Å². The Hall–Kier alpha value is -1.93. The number of hydrogen-bond donors (Lipinski definition) is 1. The van der Waals surface area contributed by atoms with Crippen molar-refractivity contribution in [3.05, 3.63) is 57.9 Å². The van der Waals surface area contributed by atoms with E-state index in [0.29, 0.717) is 16.9 Å². The average molecular weight is 306 g/mol. The topological polar surface area (TPSA) is 48.7 Å². The van der Waals surface area contributed by atoms with E-state index in [1.807, 2.05) is 6.07 Å². The van der Waals surface area contributed by atoms with Gasteiger partial charge in [0, 0.05) is 22.8 Å². The summed E-state index contributed by atoms with van der Waals surface area (Å²) < 4.78 is 14.1. The molecule has 0 bridgehead atoms. The highest BCUT2D eigenvalue weighted by Crippen LogP contribution is 2.18. The molecule has 3 nitrogen and oxygen atoms in total. The number of aromatic nitrogens is 1. The number of nitriles is 1. The molecule has 0 saturated heterocycles. The smallest absolute Gasteiger partial charge is 0.144 e. The summed E-state index contributed by atoms with van der Waals surface area (Å²) >= 11 is 3.24. The molecule has 0 fully saturated rings. The van der Waals surface area contributed by atoms with Crippen LogP contribution in [0.2, 0.25) is 0 Å². The molecule has 18 heavy (non-hydrogen) atoms. The van der Waals surface area contributed by atoms with E-state index in [1.54, 1.807) is 30.5 Å². The Bertz CT molecular complexity index is 607. The van der Waals surface area contributed by atoms with Crippen LogP contribution in [0.15, 0.2) is 41.0 Å². The summed E-state index contributed by atoms with van der Waals surface area (Å²) in [6.45, 7) is 0.288. The van der Waals surface area contributed by atoms with E-state index >= 15 is 0 Å². The van der Waals surface area contributed by atoms with Gasteiger partial charge in [-0.3, -0.25) is 0 Å². The molecule has 2 rings (SSSR count). The van der Waals surface area contributed by atoms with Crippen molar-refractivity contribution in [2.45, 2.75) is 6.54 Å². The molecule has 90 valence electrons. The van der Waals surface area contributed by atoms with Crippen LogP contribution in [-0.2, 0) is 6.54 Å². The van der Waals surface area contributed by atoms with Crippen LogP contribution >= 0.6 is 15.9 Å². The number of hydrogen-bond acceptors (Lipinski definition) is 3. The molecule has 0 unspecified atom stereocenters. The van der Waals surface area contributed by atoms with Crippen molar-refractivity contribution in [2.75, 3.05) is 5.32 Å². The quantitative estimate of drug-likeness (QED) is 0.944. The van der Waals surface area contributed by atoms with E-state index in [0.717, 1.165) is 4.47 Å². The normalized spacial score (nSPS) is 9.83. The fraction of sp³-hybridized carbons (Fsp3) is 0.0769. The number of nitrogens with one attached hydrogen (secondary N) is 1. The van der Waals surface area contributed by atoms with Gasteiger partial charge in [-0.05, 0) is 28.1 Å². The van der Waals surface area contributed by atoms with Crippen molar-refractivity contribution in [3.63, 3.8) is 0 Å². The lowest BCUT2D eigenvalue weighted by atomic mass is 10.2. The van der Waals surface area contributed by atoms with Gasteiger partial charge in [-0.1, -0.05) is 18.2 Å². The Kier molecular flexibility index (Phi) is 3.90. The second-order valence-electron chi connectivity index (χ2n) is 3.61. The summed E-state index contributed by atoms with van der Waals surface area (Å²) in [5, 5.41) is 11.9. The first-order chi connectivity index (χ1) is 8.70. The Labute approximate surface area is 112 Å². The predicted molar refractivity (Wildman–Crippen MR) is 70.4 cm³/mol. The molecule has 0 atom stereocenters. The number of nitrogens with zero attached hydrogens (tertiary/aromatic N) is 2. The molecule has 0 radical (unpaired) electrons. The summed E-state index contributed by atoms with van der Waals surface area (Å²) in [6.07, 6.45) is 1.59.